The van der Waals surface area contributed by atoms with Crippen LogP contribution in [0.25, 0.3) is 0 Å². The molecule has 0 bridgehead atoms. The number of hydrogen-bond donors (Lipinski definition) is 3. The van der Waals surface area contributed by atoms with E-state index in [1.807, 2.05) is 24.3 Å². The van der Waals surface area contributed by atoms with Gasteiger partial charge in [0.15, 0.2) is 11.5 Å². The van der Waals surface area contributed by atoms with Crippen LogP contribution in [-0.2, 0) is 6.42 Å². The number of methoxy groups -OCH3 is 2. The van der Waals surface area contributed by atoms with Gasteiger partial charge in [-0.1, -0.05) is 24.3 Å². The van der Waals surface area contributed by atoms with E-state index in [-0.39, 0.29) is 18.1 Å². The van der Waals surface area contributed by atoms with E-state index >= 15 is 0 Å². The van der Waals surface area contributed by atoms with E-state index in [1.54, 1.807) is 19.2 Å². The van der Waals surface area contributed by atoms with E-state index < -0.39 is 12.0 Å². The summed E-state index contributed by atoms with van der Waals surface area (Å²) in [7, 11) is 3.04. The number of phenolic OH excluding ortho intramolecular Hbond substituents is 1. The molecule has 3 N–H and O–H groups in total. The summed E-state index contributed by atoms with van der Waals surface area (Å²) in [6, 6.07) is 12.2. The molecule has 2 unspecified atom stereocenters. The van der Waals surface area contributed by atoms with Crippen LogP contribution in [0, 0.1) is 5.92 Å². The predicted molar refractivity (Wildman–Crippen MR) is 86.9 cm³/mol. The van der Waals surface area contributed by atoms with Crippen LogP contribution in [0.2, 0.25) is 0 Å². The standard InChI is InChI=1S/C18H22O5/c1-22-16-6-4-3-5-12(16)9-14(11-19)18(21)13-7-8-15(20)17(10-13)23-2/h3-8,10,14,18-21H,9,11H2,1-2H3. The van der Waals surface area contributed by atoms with Gasteiger partial charge in [-0.05, 0) is 35.7 Å². The molecule has 0 saturated heterocycles. The maximum atomic E-state index is 10.6. The molecule has 0 aliphatic rings. The van der Waals surface area contributed by atoms with Crippen LogP contribution >= 0.6 is 0 Å². The maximum Gasteiger partial charge on any atom is 0.160 e. The van der Waals surface area contributed by atoms with Gasteiger partial charge < -0.3 is 24.8 Å². The van der Waals surface area contributed by atoms with Crippen molar-refractivity contribution in [2.24, 2.45) is 5.92 Å². The van der Waals surface area contributed by atoms with E-state index in [1.165, 1.54) is 13.2 Å². The fourth-order valence-electron chi connectivity index (χ4n) is 2.58. The summed E-state index contributed by atoms with van der Waals surface area (Å²) in [5, 5.41) is 29.9. The normalized spacial score (nSPS) is 13.4. The van der Waals surface area contributed by atoms with Gasteiger partial charge in [0, 0.05) is 12.5 Å². The third kappa shape index (κ3) is 3.94. The van der Waals surface area contributed by atoms with Crippen molar-refractivity contribution in [3.05, 3.63) is 53.6 Å². The minimum Gasteiger partial charge on any atom is -0.504 e. The molecule has 2 aromatic carbocycles. The highest BCUT2D eigenvalue weighted by molar-refractivity contribution is 5.42. The highest BCUT2D eigenvalue weighted by Crippen LogP contribution is 2.33. The van der Waals surface area contributed by atoms with Crippen LogP contribution in [-0.4, -0.2) is 36.1 Å². The Morgan fingerprint density at radius 3 is 2.35 bits per heavy atom. The molecular weight excluding hydrogens is 296 g/mol. The first-order valence-corrected chi connectivity index (χ1v) is 7.38. The molecule has 0 saturated carbocycles. The van der Waals surface area contributed by atoms with Crippen molar-refractivity contribution in [1.29, 1.82) is 0 Å². The molecule has 0 fully saturated rings. The Morgan fingerprint density at radius 2 is 1.70 bits per heavy atom. The number of aliphatic hydroxyl groups is 2. The average molecular weight is 318 g/mol. The van der Waals surface area contributed by atoms with Crippen molar-refractivity contribution in [2.45, 2.75) is 12.5 Å². The number of phenols is 1. The van der Waals surface area contributed by atoms with Gasteiger partial charge in [0.2, 0.25) is 0 Å². The SMILES string of the molecule is COc1cc(C(O)C(CO)Cc2ccccc2OC)ccc1O. The minimum absolute atomic E-state index is 0.00808. The lowest BCUT2D eigenvalue weighted by atomic mass is 9.90. The monoisotopic (exact) mass is 318 g/mol. The highest BCUT2D eigenvalue weighted by atomic mass is 16.5. The molecule has 0 aliphatic heterocycles. The quantitative estimate of drug-likeness (QED) is 0.730. The van der Waals surface area contributed by atoms with Crippen molar-refractivity contribution >= 4 is 0 Å². The lowest BCUT2D eigenvalue weighted by Crippen LogP contribution is -2.19. The Labute approximate surface area is 135 Å². The summed E-state index contributed by atoms with van der Waals surface area (Å²) >= 11 is 0. The van der Waals surface area contributed by atoms with Gasteiger partial charge in [-0.3, -0.25) is 0 Å². The second-order valence-electron chi connectivity index (χ2n) is 5.33. The van der Waals surface area contributed by atoms with Gasteiger partial charge in [0.05, 0.1) is 20.3 Å². The molecule has 0 aromatic heterocycles. The molecule has 0 spiro atoms. The highest BCUT2D eigenvalue weighted by Gasteiger charge is 2.23. The van der Waals surface area contributed by atoms with Crippen LogP contribution < -0.4 is 9.47 Å². The minimum atomic E-state index is -0.889. The first kappa shape index (κ1) is 17.1. The topological polar surface area (TPSA) is 79.2 Å². The van der Waals surface area contributed by atoms with Gasteiger partial charge in [0.25, 0.3) is 0 Å². The van der Waals surface area contributed by atoms with Crippen LogP contribution in [0.5, 0.6) is 17.2 Å². The summed E-state index contributed by atoms with van der Waals surface area (Å²) in [4.78, 5) is 0. The zero-order valence-corrected chi connectivity index (χ0v) is 13.3. The molecule has 0 radical (unpaired) electrons. The van der Waals surface area contributed by atoms with E-state index in [0.29, 0.717) is 12.0 Å². The zero-order valence-electron chi connectivity index (χ0n) is 13.3. The molecule has 2 rings (SSSR count). The van der Waals surface area contributed by atoms with Crippen LogP contribution in [0.4, 0.5) is 0 Å². The fourth-order valence-corrected chi connectivity index (χ4v) is 2.58. The number of aromatic hydroxyl groups is 1. The number of aliphatic hydroxyl groups excluding tert-OH is 2. The predicted octanol–water partition coefficient (Wildman–Crippen LogP) is 2.29. The Bertz CT molecular complexity index is 641. The first-order valence-electron chi connectivity index (χ1n) is 7.38. The maximum absolute atomic E-state index is 10.6. The largest absolute Gasteiger partial charge is 0.504 e. The van der Waals surface area contributed by atoms with Gasteiger partial charge in [-0.2, -0.15) is 0 Å². The summed E-state index contributed by atoms with van der Waals surface area (Å²) in [6.45, 7) is -0.178. The molecule has 2 aromatic rings. The Hall–Kier alpha value is -2.24. The lowest BCUT2D eigenvalue weighted by molar-refractivity contribution is 0.0664. The Morgan fingerprint density at radius 1 is 1.00 bits per heavy atom. The van der Waals surface area contributed by atoms with Gasteiger partial charge in [0.1, 0.15) is 5.75 Å². The molecular formula is C18H22O5. The summed E-state index contributed by atoms with van der Waals surface area (Å²) < 4.78 is 10.4. The summed E-state index contributed by atoms with van der Waals surface area (Å²) in [5.74, 6) is 0.617. The molecule has 23 heavy (non-hydrogen) atoms. The number of ether oxygens (including phenoxy) is 2. The van der Waals surface area contributed by atoms with E-state index in [0.717, 1.165) is 11.3 Å². The van der Waals surface area contributed by atoms with Crippen LogP contribution in [0.3, 0.4) is 0 Å². The van der Waals surface area contributed by atoms with Crippen molar-refractivity contribution in [3.8, 4) is 17.2 Å². The van der Waals surface area contributed by atoms with E-state index in [2.05, 4.69) is 0 Å². The molecule has 0 heterocycles. The third-order valence-corrected chi connectivity index (χ3v) is 3.90. The first-order chi connectivity index (χ1) is 11.1. The summed E-state index contributed by atoms with van der Waals surface area (Å²) in [5.41, 5.74) is 1.49. The molecule has 0 aliphatic carbocycles. The van der Waals surface area contributed by atoms with Crippen LogP contribution in [0.1, 0.15) is 17.2 Å². The second-order valence-corrected chi connectivity index (χ2v) is 5.33. The Kier molecular flexibility index (Phi) is 5.84. The van der Waals surface area contributed by atoms with Crippen molar-refractivity contribution in [3.63, 3.8) is 0 Å². The lowest BCUT2D eigenvalue weighted by Gasteiger charge is -2.23. The second kappa shape index (κ2) is 7.85. The van der Waals surface area contributed by atoms with Crippen molar-refractivity contribution in [2.75, 3.05) is 20.8 Å². The molecule has 124 valence electrons. The third-order valence-electron chi connectivity index (χ3n) is 3.90. The number of benzene rings is 2. The van der Waals surface area contributed by atoms with Gasteiger partial charge in [-0.25, -0.2) is 0 Å². The smallest absolute Gasteiger partial charge is 0.160 e. The van der Waals surface area contributed by atoms with Gasteiger partial charge in [-0.15, -0.1) is 0 Å². The number of hydrogen-bond acceptors (Lipinski definition) is 5. The van der Waals surface area contributed by atoms with Crippen molar-refractivity contribution in [1.82, 2.24) is 0 Å². The van der Waals surface area contributed by atoms with Crippen molar-refractivity contribution < 1.29 is 24.8 Å². The average Bonchev–Trinajstić information content (AvgIpc) is 2.59. The van der Waals surface area contributed by atoms with E-state index in [4.69, 9.17) is 9.47 Å². The Balaban J connectivity index is 2.23. The molecule has 0 amide bonds. The molecule has 5 nitrogen and oxygen atoms in total. The van der Waals surface area contributed by atoms with Gasteiger partial charge >= 0.3 is 0 Å². The number of para-hydroxylation sites is 1. The number of rotatable bonds is 7. The molecule has 5 heteroatoms. The summed E-state index contributed by atoms with van der Waals surface area (Å²) in [6.07, 6.45) is -0.426. The fraction of sp³-hybridized carbons (Fsp3) is 0.333. The van der Waals surface area contributed by atoms with E-state index in [9.17, 15) is 15.3 Å². The van der Waals surface area contributed by atoms with Crippen LogP contribution in [0.15, 0.2) is 42.5 Å². The zero-order chi connectivity index (χ0) is 16.8. The molecule has 2 atom stereocenters.